The van der Waals surface area contributed by atoms with Gasteiger partial charge in [-0.15, -0.1) is 0 Å². The summed E-state index contributed by atoms with van der Waals surface area (Å²) in [6, 6.07) is 10.0. The smallest absolute Gasteiger partial charge is 0.771 e. The third-order valence-corrected chi connectivity index (χ3v) is 3.98. The molecule has 0 fully saturated rings. The minimum atomic E-state index is -2.07. The van der Waals surface area contributed by atoms with Crippen LogP contribution in [0.4, 0.5) is 5.69 Å². The van der Waals surface area contributed by atoms with Crippen molar-refractivity contribution in [3.63, 3.8) is 0 Å². The summed E-state index contributed by atoms with van der Waals surface area (Å²) in [5.41, 5.74) is 3.18. The van der Waals surface area contributed by atoms with Gasteiger partial charge in [-0.25, -0.2) is 0 Å². The molecule has 1 aliphatic heterocycles. The van der Waals surface area contributed by atoms with Crippen molar-refractivity contribution in [2.75, 3.05) is 31.5 Å². The number of anilines is 1. The summed E-state index contributed by atoms with van der Waals surface area (Å²) in [6.45, 7) is 2.68. The van der Waals surface area contributed by atoms with Crippen LogP contribution in [0.5, 0.6) is 0 Å². The Balaban J connectivity index is 0.00000200. The van der Waals surface area contributed by atoms with Gasteiger partial charge in [-0.1, -0.05) is 18.2 Å². The molecule has 21 heavy (non-hydrogen) atoms. The summed E-state index contributed by atoms with van der Waals surface area (Å²) in [5.74, 6) is 0.0170. The topological polar surface area (TPSA) is 81.4 Å². The molecule has 2 N–H and O–H groups in total. The zero-order valence-corrected chi connectivity index (χ0v) is 15.7. The van der Waals surface area contributed by atoms with Crippen molar-refractivity contribution in [2.45, 2.75) is 6.92 Å². The van der Waals surface area contributed by atoms with Gasteiger partial charge < -0.3 is 14.9 Å². The van der Waals surface area contributed by atoms with Gasteiger partial charge in [0.1, 0.15) is 0 Å². The van der Waals surface area contributed by atoms with Gasteiger partial charge in [-0.05, 0) is 30.1 Å². The van der Waals surface area contributed by atoms with Gasteiger partial charge in [0.15, 0.2) is 0 Å². The average molecular weight is 321 g/mol. The number of rotatable bonds is 4. The van der Waals surface area contributed by atoms with Gasteiger partial charge in [0.05, 0.1) is 29.5 Å². The second-order valence-corrected chi connectivity index (χ2v) is 5.45. The minimum absolute atomic E-state index is 0. The standard InChI is InChI=1S/C13H19N3O2S.Na.H2O/c1-11-13(14(2)10-19(17)18)9-16(15(11)3)12-7-5-4-6-8-12;;/h4-8H,9-10H2,1-3H3,(H,17,18);;1H2/q;+1;/p-1. The van der Waals surface area contributed by atoms with E-state index in [-0.39, 0.29) is 40.9 Å². The summed E-state index contributed by atoms with van der Waals surface area (Å²) in [6.07, 6.45) is 0. The zero-order chi connectivity index (χ0) is 14.0. The molecule has 0 saturated heterocycles. The predicted molar refractivity (Wildman–Crippen MR) is 79.4 cm³/mol. The van der Waals surface area contributed by atoms with Gasteiger partial charge in [0.2, 0.25) is 0 Å². The van der Waals surface area contributed by atoms with Crippen LogP contribution in [0.3, 0.4) is 0 Å². The third kappa shape index (κ3) is 4.70. The van der Waals surface area contributed by atoms with Crippen molar-refractivity contribution in [1.82, 2.24) is 9.91 Å². The number of hydrazine groups is 1. The maximum Gasteiger partial charge on any atom is 1.00 e. The van der Waals surface area contributed by atoms with Gasteiger partial charge in [-0.2, -0.15) is 0 Å². The SMILES string of the molecule is CC1=C(N(C)CS(=O)[O-])CN(c2ccccc2)N1C.O.[Na+]. The number of benzene rings is 1. The minimum Gasteiger partial charge on any atom is -0.771 e. The maximum absolute atomic E-state index is 10.8. The van der Waals surface area contributed by atoms with Gasteiger partial charge in [0.25, 0.3) is 0 Å². The first-order valence-corrected chi connectivity index (χ1v) is 7.28. The van der Waals surface area contributed by atoms with E-state index < -0.39 is 11.1 Å². The van der Waals surface area contributed by atoms with Crippen LogP contribution in [0.25, 0.3) is 0 Å². The quantitative estimate of drug-likeness (QED) is 0.454. The fourth-order valence-corrected chi connectivity index (χ4v) is 2.70. The first-order chi connectivity index (χ1) is 9.00. The molecular weight excluding hydrogens is 301 g/mol. The summed E-state index contributed by atoms with van der Waals surface area (Å²) in [5, 5.41) is 4.17. The Kier molecular flexibility index (Phi) is 8.53. The van der Waals surface area contributed by atoms with Crippen LogP contribution in [0.1, 0.15) is 6.92 Å². The zero-order valence-electron chi connectivity index (χ0n) is 12.9. The van der Waals surface area contributed by atoms with E-state index in [2.05, 4.69) is 10.0 Å². The Morgan fingerprint density at radius 3 is 2.43 bits per heavy atom. The molecule has 2 rings (SSSR count). The van der Waals surface area contributed by atoms with Crippen molar-refractivity contribution in [3.8, 4) is 0 Å². The van der Waals surface area contributed by atoms with Crippen LogP contribution in [-0.2, 0) is 11.1 Å². The van der Waals surface area contributed by atoms with Gasteiger partial charge in [0, 0.05) is 14.1 Å². The van der Waals surface area contributed by atoms with Crippen LogP contribution in [0.15, 0.2) is 41.7 Å². The van der Waals surface area contributed by atoms with E-state index in [9.17, 15) is 8.76 Å². The average Bonchev–Trinajstić information content (AvgIpc) is 2.67. The molecule has 0 bridgehead atoms. The number of para-hydroxylation sites is 1. The molecule has 0 aromatic heterocycles. The molecule has 0 amide bonds. The van der Waals surface area contributed by atoms with Crippen LogP contribution < -0.4 is 34.6 Å². The largest absolute Gasteiger partial charge is 1.00 e. The molecular formula is C13H20N3NaO3S. The Hall–Kier alpha value is -0.570. The van der Waals surface area contributed by atoms with E-state index in [0.717, 1.165) is 17.1 Å². The molecule has 1 atom stereocenters. The summed E-state index contributed by atoms with van der Waals surface area (Å²) in [7, 11) is 3.79. The Morgan fingerprint density at radius 2 is 1.90 bits per heavy atom. The molecule has 1 heterocycles. The first-order valence-electron chi connectivity index (χ1n) is 6.03. The normalized spacial score (nSPS) is 15.4. The van der Waals surface area contributed by atoms with Gasteiger partial charge >= 0.3 is 29.6 Å². The van der Waals surface area contributed by atoms with Crippen molar-refractivity contribution in [3.05, 3.63) is 41.7 Å². The van der Waals surface area contributed by atoms with E-state index in [0.29, 0.717) is 6.54 Å². The molecule has 0 saturated carbocycles. The van der Waals surface area contributed by atoms with Crippen molar-refractivity contribution in [2.24, 2.45) is 0 Å². The van der Waals surface area contributed by atoms with E-state index in [1.165, 1.54) is 0 Å². The number of allylic oxidation sites excluding steroid dienone is 1. The van der Waals surface area contributed by atoms with Crippen molar-refractivity contribution in [1.29, 1.82) is 0 Å². The maximum atomic E-state index is 10.8. The van der Waals surface area contributed by atoms with Crippen LogP contribution in [0, 0.1) is 0 Å². The molecule has 1 unspecified atom stereocenters. The molecule has 1 aliphatic rings. The number of hydrogen-bond acceptors (Lipinski definition) is 5. The molecule has 0 aliphatic carbocycles. The van der Waals surface area contributed by atoms with E-state index in [4.69, 9.17) is 0 Å². The molecule has 0 spiro atoms. The molecule has 6 nitrogen and oxygen atoms in total. The summed E-state index contributed by atoms with van der Waals surface area (Å²) < 4.78 is 21.6. The van der Waals surface area contributed by atoms with Gasteiger partial charge in [-0.3, -0.25) is 14.2 Å². The van der Waals surface area contributed by atoms with Crippen LogP contribution in [-0.4, -0.2) is 50.7 Å². The van der Waals surface area contributed by atoms with Crippen molar-refractivity contribution >= 4 is 16.8 Å². The van der Waals surface area contributed by atoms with E-state index in [1.54, 1.807) is 11.9 Å². The number of likely N-dealkylation sites (N-methyl/N-ethyl adjacent to an activating group) is 1. The van der Waals surface area contributed by atoms with E-state index >= 15 is 0 Å². The third-order valence-electron chi connectivity index (χ3n) is 3.38. The Morgan fingerprint density at radius 1 is 1.33 bits per heavy atom. The second kappa shape index (κ2) is 8.77. The number of hydrogen-bond donors (Lipinski definition) is 0. The summed E-state index contributed by atoms with van der Waals surface area (Å²) >= 11 is -2.07. The van der Waals surface area contributed by atoms with Crippen LogP contribution >= 0.6 is 0 Å². The predicted octanol–water partition coefficient (Wildman–Crippen LogP) is -2.47. The first kappa shape index (κ1) is 20.4. The molecule has 112 valence electrons. The second-order valence-electron chi connectivity index (χ2n) is 4.58. The fourth-order valence-electron chi connectivity index (χ4n) is 2.23. The summed E-state index contributed by atoms with van der Waals surface area (Å²) in [4.78, 5) is 1.78. The Bertz CT molecular complexity index is 513. The molecule has 8 heteroatoms. The number of nitrogens with zero attached hydrogens (tertiary/aromatic N) is 3. The fraction of sp³-hybridized carbons (Fsp3) is 0.385. The van der Waals surface area contributed by atoms with Crippen molar-refractivity contribution < 1.29 is 43.8 Å². The molecule has 1 aromatic rings. The molecule has 1 aromatic carbocycles. The Labute approximate surface area is 150 Å². The monoisotopic (exact) mass is 321 g/mol. The van der Waals surface area contributed by atoms with E-state index in [1.807, 2.05) is 44.3 Å². The van der Waals surface area contributed by atoms with Crippen LogP contribution in [0.2, 0.25) is 0 Å². The molecule has 0 radical (unpaired) electrons.